The molecule has 4 nitrogen and oxygen atoms in total. The van der Waals surface area contributed by atoms with Crippen LogP contribution in [0, 0.1) is 5.82 Å². The van der Waals surface area contributed by atoms with Crippen molar-refractivity contribution in [2.75, 3.05) is 19.6 Å². The van der Waals surface area contributed by atoms with Gasteiger partial charge in [-0.1, -0.05) is 25.6 Å². The van der Waals surface area contributed by atoms with E-state index in [-0.39, 0.29) is 17.2 Å². The normalized spacial score (nSPS) is 15.0. The summed E-state index contributed by atoms with van der Waals surface area (Å²) >= 11 is 0. The second-order valence-corrected chi connectivity index (χ2v) is 6.26. The van der Waals surface area contributed by atoms with Gasteiger partial charge in [-0.3, -0.25) is 4.90 Å². The number of aryl methyl sites for hydroxylation is 1. The summed E-state index contributed by atoms with van der Waals surface area (Å²) in [5, 5.41) is 13.2. The van der Waals surface area contributed by atoms with Crippen LogP contribution in [-0.2, 0) is 13.0 Å². The zero-order valence-corrected chi connectivity index (χ0v) is 14.4. The molecule has 0 spiro atoms. The van der Waals surface area contributed by atoms with Crippen molar-refractivity contribution in [3.63, 3.8) is 0 Å². The molecule has 1 fully saturated rings. The number of aromatic hydroxyl groups is 1. The third kappa shape index (κ3) is 4.31. The molecule has 1 heterocycles. The molecular formula is C20H23FN2O2. The second-order valence-electron chi connectivity index (χ2n) is 6.26. The molecule has 1 saturated heterocycles. The number of nitrogens with one attached hydrogen (secondary N) is 1. The van der Waals surface area contributed by atoms with E-state index >= 15 is 0 Å². The number of phenolic OH excluding ortho intramolecular Hbond substituents is 1. The predicted molar refractivity (Wildman–Crippen MR) is 96.4 cm³/mol. The Bertz CT molecular complexity index is 776. The lowest BCUT2D eigenvalue weighted by molar-refractivity contribution is 0.259. The number of halogens is 1. The first-order valence-electron chi connectivity index (χ1n) is 8.47. The molecule has 0 unspecified atom stereocenters. The third-order valence-electron chi connectivity index (χ3n) is 4.27. The van der Waals surface area contributed by atoms with Crippen LogP contribution in [0.25, 0.3) is 0 Å². The highest BCUT2D eigenvalue weighted by molar-refractivity contribution is 5.45. The van der Waals surface area contributed by atoms with Crippen molar-refractivity contribution in [1.29, 1.82) is 0 Å². The standard InChI is InChI=1S/C20H23FN2O2/c1-3-15-4-7-20(18(24)11-15)25-19-6-5-16(10-17(19)21)13-23-9-8-22-14(2)12-23/h4-7,10-11,22,24H,2-3,8-9,12-13H2,1H3. The first-order valence-corrected chi connectivity index (χ1v) is 8.47. The summed E-state index contributed by atoms with van der Waals surface area (Å²) in [7, 11) is 0. The van der Waals surface area contributed by atoms with Crippen molar-refractivity contribution in [3.05, 3.63) is 65.6 Å². The number of phenols is 1. The molecule has 0 atom stereocenters. The van der Waals surface area contributed by atoms with Crippen LogP contribution < -0.4 is 10.1 Å². The molecule has 2 aromatic carbocycles. The first-order chi connectivity index (χ1) is 12.0. The molecule has 2 N–H and O–H groups in total. The molecule has 1 aliphatic heterocycles. The van der Waals surface area contributed by atoms with Crippen LogP contribution in [0.3, 0.4) is 0 Å². The highest BCUT2D eigenvalue weighted by Crippen LogP contribution is 2.33. The fourth-order valence-electron chi connectivity index (χ4n) is 2.90. The average molecular weight is 342 g/mol. The summed E-state index contributed by atoms with van der Waals surface area (Å²) in [5.74, 6) is -0.0668. The monoisotopic (exact) mass is 342 g/mol. The Balaban J connectivity index is 1.70. The predicted octanol–water partition coefficient (Wildman–Crippen LogP) is 3.80. The minimum absolute atomic E-state index is 0.0159. The van der Waals surface area contributed by atoms with Crippen LogP contribution in [0.2, 0.25) is 0 Å². The molecule has 0 aromatic heterocycles. The molecule has 132 valence electrons. The van der Waals surface area contributed by atoms with Gasteiger partial charge in [-0.05, 0) is 41.8 Å². The van der Waals surface area contributed by atoms with E-state index in [0.717, 1.165) is 42.9 Å². The van der Waals surface area contributed by atoms with E-state index in [1.165, 1.54) is 6.07 Å². The largest absolute Gasteiger partial charge is 0.504 e. The number of nitrogens with zero attached hydrogens (tertiary/aromatic N) is 1. The van der Waals surface area contributed by atoms with E-state index in [1.54, 1.807) is 18.2 Å². The van der Waals surface area contributed by atoms with Gasteiger partial charge in [-0.15, -0.1) is 0 Å². The van der Waals surface area contributed by atoms with Crippen LogP contribution in [-0.4, -0.2) is 29.6 Å². The van der Waals surface area contributed by atoms with Crippen molar-refractivity contribution in [2.24, 2.45) is 0 Å². The molecular weight excluding hydrogens is 319 g/mol. The van der Waals surface area contributed by atoms with E-state index in [1.807, 2.05) is 19.1 Å². The molecule has 0 radical (unpaired) electrons. The number of piperazine rings is 1. The minimum Gasteiger partial charge on any atom is -0.504 e. The molecule has 0 amide bonds. The fourth-order valence-corrected chi connectivity index (χ4v) is 2.90. The first kappa shape index (κ1) is 17.3. The average Bonchev–Trinajstić information content (AvgIpc) is 2.59. The topological polar surface area (TPSA) is 44.7 Å². The van der Waals surface area contributed by atoms with Gasteiger partial charge in [0.05, 0.1) is 0 Å². The van der Waals surface area contributed by atoms with E-state index in [9.17, 15) is 9.50 Å². The van der Waals surface area contributed by atoms with E-state index in [2.05, 4.69) is 16.8 Å². The summed E-state index contributed by atoms with van der Waals surface area (Å²) in [6.45, 7) is 9.11. The SMILES string of the molecule is C=C1CN(Cc2ccc(Oc3ccc(CC)cc3O)c(F)c2)CCN1. The number of benzene rings is 2. The van der Waals surface area contributed by atoms with E-state index in [0.29, 0.717) is 6.54 Å². The lowest BCUT2D eigenvalue weighted by atomic mass is 10.1. The summed E-state index contributed by atoms with van der Waals surface area (Å²) in [6, 6.07) is 10.1. The van der Waals surface area contributed by atoms with Crippen LogP contribution in [0.1, 0.15) is 18.1 Å². The van der Waals surface area contributed by atoms with Gasteiger partial charge in [0.2, 0.25) is 0 Å². The molecule has 1 aliphatic rings. The maximum absolute atomic E-state index is 14.4. The maximum Gasteiger partial charge on any atom is 0.169 e. The highest BCUT2D eigenvalue weighted by atomic mass is 19.1. The molecule has 0 bridgehead atoms. The Morgan fingerprint density at radius 2 is 1.96 bits per heavy atom. The van der Waals surface area contributed by atoms with Gasteiger partial charge in [-0.2, -0.15) is 0 Å². The summed E-state index contributed by atoms with van der Waals surface area (Å²) < 4.78 is 19.9. The Morgan fingerprint density at radius 1 is 1.20 bits per heavy atom. The number of hydrogen-bond acceptors (Lipinski definition) is 4. The van der Waals surface area contributed by atoms with Gasteiger partial charge in [0.1, 0.15) is 0 Å². The molecule has 2 aromatic rings. The zero-order valence-electron chi connectivity index (χ0n) is 14.4. The van der Waals surface area contributed by atoms with Crippen molar-refractivity contribution >= 4 is 0 Å². The zero-order chi connectivity index (χ0) is 17.8. The van der Waals surface area contributed by atoms with Crippen molar-refractivity contribution in [3.8, 4) is 17.2 Å². The van der Waals surface area contributed by atoms with Crippen molar-refractivity contribution < 1.29 is 14.2 Å². The van der Waals surface area contributed by atoms with E-state index < -0.39 is 5.82 Å². The van der Waals surface area contributed by atoms with Gasteiger partial charge in [0, 0.05) is 31.9 Å². The van der Waals surface area contributed by atoms with Gasteiger partial charge in [0.25, 0.3) is 0 Å². The lowest BCUT2D eigenvalue weighted by Crippen LogP contribution is -2.41. The van der Waals surface area contributed by atoms with Gasteiger partial charge < -0.3 is 15.2 Å². The van der Waals surface area contributed by atoms with Crippen LogP contribution >= 0.6 is 0 Å². The van der Waals surface area contributed by atoms with Gasteiger partial charge in [-0.25, -0.2) is 4.39 Å². The van der Waals surface area contributed by atoms with Crippen molar-refractivity contribution in [2.45, 2.75) is 19.9 Å². The number of hydrogen-bond donors (Lipinski definition) is 2. The number of ether oxygens (including phenoxy) is 1. The Hall–Kier alpha value is -2.53. The maximum atomic E-state index is 14.4. The summed E-state index contributed by atoms with van der Waals surface area (Å²) in [6.07, 6.45) is 0.815. The lowest BCUT2D eigenvalue weighted by Gasteiger charge is -2.29. The molecule has 5 heteroatoms. The molecule has 0 saturated carbocycles. The van der Waals surface area contributed by atoms with E-state index in [4.69, 9.17) is 4.74 Å². The minimum atomic E-state index is -0.439. The quantitative estimate of drug-likeness (QED) is 0.867. The molecule has 25 heavy (non-hydrogen) atoms. The Labute approximate surface area is 147 Å². The molecule has 0 aliphatic carbocycles. The van der Waals surface area contributed by atoms with Gasteiger partial charge >= 0.3 is 0 Å². The van der Waals surface area contributed by atoms with Crippen LogP contribution in [0.15, 0.2) is 48.7 Å². The third-order valence-corrected chi connectivity index (χ3v) is 4.27. The van der Waals surface area contributed by atoms with Crippen LogP contribution in [0.5, 0.6) is 17.2 Å². The highest BCUT2D eigenvalue weighted by Gasteiger charge is 2.14. The molecule has 3 rings (SSSR count). The number of rotatable bonds is 5. The Morgan fingerprint density at radius 3 is 2.64 bits per heavy atom. The van der Waals surface area contributed by atoms with Crippen LogP contribution in [0.4, 0.5) is 4.39 Å². The fraction of sp³-hybridized carbons (Fsp3) is 0.300. The Kier molecular flexibility index (Phi) is 5.24. The van der Waals surface area contributed by atoms with Crippen molar-refractivity contribution in [1.82, 2.24) is 10.2 Å². The summed E-state index contributed by atoms with van der Waals surface area (Å²) in [5.41, 5.74) is 2.86. The second kappa shape index (κ2) is 7.57. The summed E-state index contributed by atoms with van der Waals surface area (Å²) in [4.78, 5) is 2.21. The smallest absolute Gasteiger partial charge is 0.169 e. The van der Waals surface area contributed by atoms with Gasteiger partial charge in [0.15, 0.2) is 23.1 Å².